The zero-order valence-corrected chi connectivity index (χ0v) is 8.13. The van der Waals surface area contributed by atoms with Crippen LogP contribution < -0.4 is 5.73 Å². The maximum atomic E-state index is 8.46. The van der Waals surface area contributed by atoms with Crippen LogP contribution in [0.5, 0.6) is 0 Å². The van der Waals surface area contributed by atoms with E-state index in [1.165, 1.54) is 0 Å². The monoisotopic (exact) mass is 170 g/mol. The second-order valence-electron chi connectivity index (χ2n) is 3.15. The normalized spacial score (nSPS) is 13.9. The largest absolute Gasteiger partial charge is 0.362 e. The SMILES string of the molecule is CCC(N)(CC)COC(C)C#N. The molecule has 0 bridgehead atoms. The molecule has 12 heavy (non-hydrogen) atoms. The average molecular weight is 170 g/mol. The molecule has 3 heteroatoms. The molecule has 1 atom stereocenters. The van der Waals surface area contributed by atoms with Crippen LogP contribution in [0.3, 0.4) is 0 Å². The van der Waals surface area contributed by atoms with Gasteiger partial charge in [-0.15, -0.1) is 0 Å². The van der Waals surface area contributed by atoms with E-state index >= 15 is 0 Å². The number of nitriles is 1. The second-order valence-corrected chi connectivity index (χ2v) is 3.15. The molecule has 2 N–H and O–H groups in total. The van der Waals surface area contributed by atoms with Crippen molar-refractivity contribution in [1.29, 1.82) is 5.26 Å². The molecule has 0 radical (unpaired) electrons. The molecule has 0 amide bonds. The molecule has 0 saturated heterocycles. The summed E-state index contributed by atoms with van der Waals surface area (Å²) in [6.45, 7) is 6.26. The van der Waals surface area contributed by atoms with E-state index < -0.39 is 0 Å². The molecular weight excluding hydrogens is 152 g/mol. The molecule has 0 spiro atoms. The summed E-state index contributed by atoms with van der Waals surface area (Å²) in [7, 11) is 0. The first-order valence-corrected chi connectivity index (χ1v) is 4.38. The third-order valence-corrected chi connectivity index (χ3v) is 2.21. The zero-order chi connectivity index (χ0) is 9.61. The van der Waals surface area contributed by atoms with Crippen LogP contribution in [-0.4, -0.2) is 18.2 Å². The molecule has 1 unspecified atom stereocenters. The summed E-state index contributed by atoms with van der Waals surface area (Å²) >= 11 is 0. The van der Waals surface area contributed by atoms with E-state index in [9.17, 15) is 0 Å². The van der Waals surface area contributed by atoms with E-state index in [1.807, 2.05) is 19.9 Å². The Kier molecular flexibility index (Phi) is 4.87. The summed E-state index contributed by atoms with van der Waals surface area (Å²) in [6.07, 6.45) is 1.40. The first-order chi connectivity index (χ1) is 5.58. The maximum Gasteiger partial charge on any atom is 0.141 e. The third-order valence-electron chi connectivity index (χ3n) is 2.21. The number of nitrogens with zero attached hydrogens (tertiary/aromatic N) is 1. The molecule has 0 aliphatic rings. The smallest absolute Gasteiger partial charge is 0.141 e. The Morgan fingerprint density at radius 3 is 2.33 bits per heavy atom. The first kappa shape index (κ1) is 11.4. The molecule has 0 aliphatic carbocycles. The molecule has 0 aliphatic heterocycles. The van der Waals surface area contributed by atoms with Crippen molar-refractivity contribution < 1.29 is 4.74 Å². The fourth-order valence-corrected chi connectivity index (χ4v) is 0.782. The van der Waals surface area contributed by atoms with Crippen LogP contribution in [0.1, 0.15) is 33.6 Å². The molecule has 0 aromatic heterocycles. The Morgan fingerprint density at radius 2 is 2.00 bits per heavy atom. The molecule has 3 nitrogen and oxygen atoms in total. The summed E-state index contributed by atoms with van der Waals surface area (Å²) in [4.78, 5) is 0. The molecule has 0 aromatic rings. The van der Waals surface area contributed by atoms with Crippen molar-refractivity contribution in [3.05, 3.63) is 0 Å². The third kappa shape index (κ3) is 3.70. The number of rotatable bonds is 5. The van der Waals surface area contributed by atoms with Gasteiger partial charge in [-0.2, -0.15) is 5.26 Å². The van der Waals surface area contributed by atoms with E-state index in [0.717, 1.165) is 12.8 Å². The van der Waals surface area contributed by atoms with Crippen molar-refractivity contribution in [2.24, 2.45) is 5.73 Å². The summed E-state index contributed by atoms with van der Waals surface area (Å²) in [5.41, 5.74) is 5.71. The zero-order valence-electron chi connectivity index (χ0n) is 8.13. The quantitative estimate of drug-likeness (QED) is 0.679. The molecule has 0 heterocycles. The van der Waals surface area contributed by atoms with Crippen LogP contribution in [0.25, 0.3) is 0 Å². The molecule has 0 fully saturated rings. The highest BCUT2D eigenvalue weighted by Gasteiger charge is 2.21. The van der Waals surface area contributed by atoms with Crippen LogP contribution in [0.2, 0.25) is 0 Å². The number of hydrogen-bond acceptors (Lipinski definition) is 3. The summed E-state index contributed by atoms with van der Waals surface area (Å²) in [5.74, 6) is 0. The van der Waals surface area contributed by atoms with Gasteiger partial charge < -0.3 is 10.5 Å². The molecular formula is C9H18N2O. The topological polar surface area (TPSA) is 59.0 Å². The summed E-state index contributed by atoms with van der Waals surface area (Å²) < 4.78 is 5.25. The van der Waals surface area contributed by atoms with Gasteiger partial charge in [-0.25, -0.2) is 0 Å². The second kappa shape index (κ2) is 5.13. The van der Waals surface area contributed by atoms with Gasteiger partial charge in [0.25, 0.3) is 0 Å². The Hall–Kier alpha value is -0.590. The minimum atomic E-state index is -0.356. The van der Waals surface area contributed by atoms with E-state index in [4.69, 9.17) is 15.7 Å². The number of hydrogen-bond donors (Lipinski definition) is 1. The lowest BCUT2D eigenvalue weighted by Gasteiger charge is -2.26. The number of nitrogens with two attached hydrogens (primary N) is 1. The van der Waals surface area contributed by atoms with Gasteiger partial charge in [0.1, 0.15) is 6.10 Å². The van der Waals surface area contributed by atoms with Gasteiger partial charge in [0, 0.05) is 5.54 Å². The predicted octanol–water partition coefficient (Wildman–Crippen LogP) is 1.43. The van der Waals surface area contributed by atoms with Gasteiger partial charge in [-0.05, 0) is 19.8 Å². The highest BCUT2D eigenvalue weighted by atomic mass is 16.5. The van der Waals surface area contributed by atoms with Crippen LogP contribution >= 0.6 is 0 Å². The fourth-order valence-electron chi connectivity index (χ4n) is 0.782. The van der Waals surface area contributed by atoms with E-state index in [2.05, 4.69) is 0 Å². The Bertz CT molecular complexity index is 158. The fraction of sp³-hybridized carbons (Fsp3) is 0.889. The lowest BCUT2D eigenvalue weighted by atomic mass is 9.96. The Labute approximate surface area is 74.5 Å². The van der Waals surface area contributed by atoms with Crippen molar-refractivity contribution in [2.45, 2.75) is 45.3 Å². The lowest BCUT2D eigenvalue weighted by molar-refractivity contribution is 0.0557. The first-order valence-electron chi connectivity index (χ1n) is 4.38. The van der Waals surface area contributed by atoms with Crippen LogP contribution in [0, 0.1) is 11.3 Å². The van der Waals surface area contributed by atoms with Crippen molar-refractivity contribution in [1.82, 2.24) is 0 Å². The van der Waals surface area contributed by atoms with Crippen LogP contribution in [0.4, 0.5) is 0 Å². The maximum absolute atomic E-state index is 8.46. The van der Waals surface area contributed by atoms with Crippen LogP contribution in [0.15, 0.2) is 0 Å². The van der Waals surface area contributed by atoms with Crippen LogP contribution in [-0.2, 0) is 4.74 Å². The minimum Gasteiger partial charge on any atom is -0.362 e. The van der Waals surface area contributed by atoms with Gasteiger partial charge >= 0.3 is 0 Å². The average Bonchev–Trinajstić information content (AvgIpc) is 2.13. The minimum absolute atomic E-state index is 0.259. The molecule has 0 aromatic carbocycles. The molecule has 70 valence electrons. The van der Waals surface area contributed by atoms with Crippen molar-refractivity contribution in [3.8, 4) is 6.07 Å². The summed E-state index contributed by atoms with van der Waals surface area (Å²) in [6, 6.07) is 2.01. The van der Waals surface area contributed by atoms with Crippen molar-refractivity contribution in [3.63, 3.8) is 0 Å². The molecule has 0 saturated carbocycles. The predicted molar refractivity (Wildman–Crippen MR) is 48.5 cm³/mol. The van der Waals surface area contributed by atoms with E-state index in [1.54, 1.807) is 6.92 Å². The van der Waals surface area contributed by atoms with Crippen molar-refractivity contribution in [2.75, 3.05) is 6.61 Å². The van der Waals surface area contributed by atoms with Gasteiger partial charge in [-0.3, -0.25) is 0 Å². The number of ether oxygens (including phenoxy) is 1. The van der Waals surface area contributed by atoms with Gasteiger partial charge in [0.05, 0.1) is 12.7 Å². The highest BCUT2D eigenvalue weighted by molar-refractivity contribution is 4.84. The Morgan fingerprint density at radius 1 is 1.50 bits per heavy atom. The summed E-state index contributed by atoms with van der Waals surface area (Å²) in [5, 5.41) is 8.46. The van der Waals surface area contributed by atoms with Gasteiger partial charge in [-0.1, -0.05) is 13.8 Å². The van der Waals surface area contributed by atoms with E-state index in [0.29, 0.717) is 6.61 Å². The standard InChI is InChI=1S/C9H18N2O/c1-4-9(11,5-2)7-12-8(3)6-10/h8H,4-5,7,11H2,1-3H3. The lowest BCUT2D eigenvalue weighted by Crippen LogP contribution is -2.44. The van der Waals surface area contributed by atoms with E-state index in [-0.39, 0.29) is 11.6 Å². The molecule has 0 rings (SSSR count). The van der Waals surface area contributed by atoms with Crippen molar-refractivity contribution >= 4 is 0 Å². The Balaban J connectivity index is 3.82. The van der Waals surface area contributed by atoms with Gasteiger partial charge in [0.15, 0.2) is 0 Å². The van der Waals surface area contributed by atoms with Gasteiger partial charge in [0.2, 0.25) is 0 Å². The highest BCUT2D eigenvalue weighted by Crippen LogP contribution is 2.12.